The van der Waals surface area contributed by atoms with Crippen molar-refractivity contribution in [2.24, 2.45) is 0 Å². The van der Waals surface area contributed by atoms with Crippen LogP contribution in [-0.4, -0.2) is 29.2 Å². The van der Waals surface area contributed by atoms with E-state index in [0.717, 1.165) is 11.6 Å². The highest BCUT2D eigenvalue weighted by Gasteiger charge is 2.01. The van der Waals surface area contributed by atoms with Gasteiger partial charge in [-0.05, 0) is 14.1 Å². The third-order valence-electron chi connectivity index (χ3n) is 1.30. The Bertz CT molecular complexity index is 236. The molecule has 0 aliphatic carbocycles. The van der Waals surface area contributed by atoms with Gasteiger partial charge in [-0.1, -0.05) is 0 Å². The van der Waals surface area contributed by atoms with E-state index in [9.17, 15) is 0 Å². The zero-order chi connectivity index (χ0) is 8.97. The number of aromatic nitrogens is 1. The first kappa shape index (κ1) is 9.60. The molecule has 0 fully saturated rings. The summed E-state index contributed by atoms with van der Waals surface area (Å²) in [5, 5.41) is 9.33. The third-order valence-corrected chi connectivity index (χ3v) is 2.29. The van der Waals surface area contributed by atoms with Gasteiger partial charge in [-0.25, -0.2) is 4.98 Å². The summed E-state index contributed by atoms with van der Waals surface area (Å²) < 4.78 is 0. The summed E-state index contributed by atoms with van der Waals surface area (Å²) in [6.45, 7) is 1.33. The largest absolute Gasteiger partial charge is 0.316 e. The lowest BCUT2D eigenvalue weighted by Gasteiger charge is -2.05. The van der Waals surface area contributed by atoms with Gasteiger partial charge in [0.05, 0.1) is 6.54 Å². The van der Waals surface area contributed by atoms with Crippen LogP contribution in [0, 0.1) is 0 Å². The first-order chi connectivity index (χ1) is 5.72. The molecule has 0 saturated carbocycles. The van der Waals surface area contributed by atoms with Crippen LogP contribution in [0.4, 0.5) is 0 Å². The Labute approximate surface area is 75.8 Å². The van der Waals surface area contributed by atoms with Gasteiger partial charge >= 0.3 is 0 Å². The normalized spacial score (nSPS) is 11.0. The Kier molecular flexibility index (Phi) is 3.61. The van der Waals surface area contributed by atoms with E-state index >= 15 is 0 Å². The molecule has 0 aromatic carbocycles. The van der Waals surface area contributed by atoms with E-state index in [0.29, 0.717) is 6.54 Å². The lowest BCUT2D eigenvalue weighted by atomic mass is 10.5. The first-order valence-electron chi connectivity index (χ1n) is 3.67. The van der Waals surface area contributed by atoms with Gasteiger partial charge in [-0.3, -0.25) is 0 Å². The van der Waals surface area contributed by atoms with Crippen molar-refractivity contribution in [3.05, 3.63) is 16.1 Å². The summed E-state index contributed by atoms with van der Waals surface area (Å²) >= 11 is 1.61. The summed E-state index contributed by atoms with van der Waals surface area (Å²) in [5.41, 5.74) is 2.08. The molecule has 1 aromatic heterocycles. The molecule has 2 N–H and O–H groups in total. The lowest BCUT2D eigenvalue weighted by Crippen LogP contribution is -2.09. The number of nitrogens with zero attached hydrogens (tertiary/aromatic N) is 2. The van der Waals surface area contributed by atoms with Crippen LogP contribution in [0.3, 0.4) is 0 Å². The second-order valence-corrected chi connectivity index (χ2v) is 3.99. The Morgan fingerprint density at radius 2 is 2.42 bits per heavy atom. The van der Waals surface area contributed by atoms with E-state index in [1.807, 2.05) is 20.3 Å². The van der Waals surface area contributed by atoms with E-state index in [-0.39, 0.29) is 0 Å². The fraction of sp³-hybridized carbons (Fsp3) is 0.571. The molecule has 0 radical (unpaired) electrons. The van der Waals surface area contributed by atoms with Gasteiger partial charge in [0.2, 0.25) is 0 Å². The maximum Gasteiger partial charge on any atom is 0.109 e. The molecular weight excluding hydrogens is 174 g/mol. The second-order valence-electron chi connectivity index (χ2n) is 2.79. The minimum atomic E-state index is 0.429. The fourth-order valence-electron chi connectivity index (χ4n) is 0.882. The monoisotopic (exact) mass is 187 g/mol. The average molecular weight is 187 g/mol. The van der Waals surface area contributed by atoms with E-state index < -0.39 is 0 Å². The number of hydroxylamine groups is 1. The molecule has 5 heteroatoms. The van der Waals surface area contributed by atoms with Crippen molar-refractivity contribution >= 4 is 11.3 Å². The summed E-state index contributed by atoms with van der Waals surface area (Å²) in [6.07, 6.45) is 1.84. The van der Waals surface area contributed by atoms with E-state index in [1.54, 1.807) is 11.3 Å². The highest BCUT2D eigenvalue weighted by molar-refractivity contribution is 7.11. The molecule has 68 valence electrons. The SMILES string of the molecule is CN(C)Cc1cnc(CNO)s1. The summed E-state index contributed by atoms with van der Waals surface area (Å²) in [7, 11) is 4.04. The Hall–Kier alpha value is -0.490. The third kappa shape index (κ3) is 2.86. The minimum absolute atomic E-state index is 0.429. The van der Waals surface area contributed by atoms with Crippen molar-refractivity contribution in [3.63, 3.8) is 0 Å². The van der Waals surface area contributed by atoms with Crippen LogP contribution in [0.15, 0.2) is 6.20 Å². The molecule has 0 atom stereocenters. The van der Waals surface area contributed by atoms with E-state index in [1.165, 1.54) is 4.88 Å². The molecule has 0 aliphatic rings. The maximum atomic E-state index is 8.42. The average Bonchev–Trinajstić information content (AvgIpc) is 2.36. The number of rotatable bonds is 4. The second kappa shape index (κ2) is 4.51. The van der Waals surface area contributed by atoms with Gasteiger partial charge in [0.25, 0.3) is 0 Å². The molecule has 4 nitrogen and oxygen atoms in total. The summed E-state index contributed by atoms with van der Waals surface area (Å²) in [5.74, 6) is 0. The van der Waals surface area contributed by atoms with Crippen molar-refractivity contribution in [2.45, 2.75) is 13.1 Å². The highest BCUT2D eigenvalue weighted by Crippen LogP contribution is 2.13. The highest BCUT2D eigenvalue weighted by atomic mass is 32.1. The minimum Gasteiger partial charge on any atom is -0.316 e. The van der Waals surface area contributed by atoms with Crippen molar-refractivity contribution in [2.75, 3.05) is 14.1 Å². The van der Waals surface area contributed by atoms with Gasteiger partial charge < -0.3 is 10.1 Å². The Morgan fingerprint density at radius 1 is 1.67 bits per heavy atom. The van der Waals surface area contributed by atoms with Gasteiger partial charge in [0.15, 0.2) is 0 Å². The Balaban J connectivity index is 2.52. The van der Waals surface area contributed by atoms with Crippen LogP contribution in [0.2, 0.25) is 0 Å². The van der Waals surface area contributed by atoms with Crippen molar-refractivity contribution in [1.82, 2.24) is 15.4 Å². The van der Waals surface area contributed by atoms with Crippen molar-refractivity contribution in [3.8, 4) is 0 Å². The molecule has 0 bridgehead atoms. The van der Waals surface area contributed by atoms with E-state index in [4.69, 9.17) is 5.21 Å². The van der Waals surface area contributed by atoms with Gasteiger partial charge in [0.1, 0.15) is 5.01 Å². The molecule has 1 heterocycles. The zero-order valence-corrected chi connectivity index (χ0v) is 8.06. The molecule has 0 aliphatic heterocycles. The fourth-order valence-corrected chi connectivity index (χ4v) is 1.86. The predicted molar refractivity (Wildman–Crippen MR) is 48.1 cm³/mol. The standard InChI is InChI=1S/C7H13N3OS/c1-10(2)5-6-3-8-7(12-6)4-9-11/h3,9,11H,4-5H2,1-2H3. The first-order valence-corrected chi connectivity index (χ1v) is 4.49. The van der Waals surface area contributed by atoms with Crippen molar-refractivity contribution < 1.29 is 5.21 Å². The summed E-state index contributed by atoms with van der Waals surface area (Å²) in [6, 6.07) is 0. The summed E-state index contributed by atoms with van der Waals surface area (Å²) in [4.78, 5) is 7.43. The number of hydrogen-bond donors (Lipinski definition) is 2. The lowest BCUT2D eigenvalue weighted by molar-refractivity contribution is 0.161. The van der Waals surface area contributed by atoms with Crippen LogP contribution in [0.1, 0.15) is 9.88 Å². The molecule has 1 aromatic rings. The molecule has 0 unspecified atom stereocenters. The maximum absolute atomic E-state index is 8.42. The molecule has 12 heavy (non-hydrogen) atoms. The van der Waals surface area contributed by atoms with Crippen LogP contribution >= 0.6 is 11.3 Å². The smallest absolute Gasteiger partial charge is 0.109 e. The zero-order valence-electron chi connectivity index (χ0n) is 7.24. The van der Waals surface area contributed by atoms with Crippen LogP contribution < -0.4 is 5.48 Å². The van der Waals surface area contributed by atoms with E-state index in [2.05, 4.69) is 15.4 Å². The Morgan fingerprint density at radius 3 is 3.00 bits per heavy atom. The number of hydrogen-bond acceptors (Lipinski definition) is 5. The molecule has 1 rings (SSSR count). The van der Waals surface area contributed by atoms with Crippen LogP contribution in [0.25, 0.3) is 0 Å². The molecule has 0 amide bonds. The molecule has 0 spiro atoms. The van der Waals surface area contributed by atoms with Gasteiger partial charge in [-0.15, -0.1) is 11.3 Å². The molecular formula is C7H13N3OS. The predicted octanol–water partition coefficient (Wildman–Crippen LogP) is 0.683. The number of thiazole rings is 1. The van der Waals surface area contributed by atoms with Crippen LogP contribution in [-0.2, 0) is 13.1 Å². The van der Waals surface area contributed by atoms with Crippen LogP contribution in [0.5, 0.6) is 0 Å². The van der Waals surface area contributed by atoms with Crippen molar-refractivity contribution in [1.29, 1.82) is 0 Å². The topological polar surface area (TPSA) is 48.4 Å². The van der Waals surface area contributed by atoms with Gasteiger partial charge in [-0.2, -0.15) is 5.48 Å². The number of nitrogens with one attached hydrogen (secondary N) is 1. The quantitative estimate of drug-likeness (QED) is 0.681. The molecule has 0 saturated heterocycles. The van der Waals surface area contributed by atoms with Gasteiger partial charge in [0, 0.05) is 17.6 Å².